The van der Waals surface area contributed by atoms with E-state index < -0.39 is 0 Å². The SMILES string of the molecule is COc1c(O)c(CCl)c2c(c1OC)OC(C)(C)CC2. The van der Waals surface area contributed by atoms with Crippen molar-refractivity contribution >= 4 is 11.6 Å². The van der Waals surface area contributed by atoms with Crippen LogP contribution < -0.4 is 14.2 Å². The van der Waals surface area contributed by atoms with E-state index in [1.807, 2.05) is 13.8 Å². The number of methoxy groups -OCH3 is 2. The van der Waals surface area contributed by atoms with Gasteiger partial charge in [0.1, 0.15) is 5.60 Å². The van der Waals surface area contributed by atoms with Gasteiger partial charge in [-0.3, -0.25) is 0 Å². The number of hydrogen-bond acceptors (Lipinski definition) is 4. The normalized spacial score (nSPS) is 16.5. The van der Waals surface area contributed by atoms with E-state index >= 15 is 0 Å². The molecular formula is C14H19ClO4. The van der Waals surface area contributed by atoms with Crippen LogP contribution in [0.1, 0.15) is 31.4 Å². The minimum absolute atomic E-state index is 0.0383. The Bertz CT molecular complexity index is 472. The van der Waals surface area contributed by atoms with Gasteiger partial charge in [-0.05, 0) is 26.7 Å². The van der Waals surface area contributed by atoms with Crippen molar-refractivity contribution in [1.82, 2.24) is 0 Å². The lowest BCUT2D eigenvalue weighted by Gasteiger charge is -2.35. The molecule has 1 aromatic carbocycles. The van der Waals surface area contributed by atoms with E-state index in [1.165, 1.54) is 14.2 Å². The summed E-state index contributed by atoms with van der Waals surface area (Å²) < 4.78 is 16.6. The van der Waals surface area contributed by atoms with Crippen molar-refractivity contribution in [2.75, 3.05) is 14.2 Å². The number of ether oxygens (including phenoxy) is 3. The molecule has 0 spiro atoms. The third-order valence-corrected chi connectivity index (χ3v) is 3.72. The van der Waals surface area contributed by atoms with Crippen LogP contribution in [-0.2, 0) is 12.3 Å². The van der Waals surface area contributed by atoms with Gasteiger partial charge < -0.3 is 19.3 Å². The second kappa shape index (κ2) is 5.00. The summed E-state index contributed by atoms with van der Waals surface area (Å²) in [4.78, 5) is 0. The number of halogens is 1. The molecule has 1 N–H and O–H groups in total. The first-order valence-electron chi connectivity index (χ1n) is 6.18. The molecular weight excluding hydrogens is 268 g/mol. The second-order valence-electron chi connectivity index (χ2n) is 5.20. The molecule has 4 nitrogen and oxygen atoms in total. The van der Waals surface area contributed by atoms with E-state index in [0.717, 1.165) is 18.4 Å². The smallest absolute Gasteiger partial charge is 0.207 e. The lowest BCUT2D eigenvalue weighted by molar-refractivity contribution is 0.0791. The maximum atomic E-state index is 10.2. The predicted octanol–water partition coefficient (Wildman–Crippen LogP) is 3.25. The zero-order chi connectivity index (χ0) is 14.2. The number of phenols is 1. The minimum Gasteiger partial charge on any atom is -0.504 e. The summed E-state index contributed by atoms with van der Waals surface area (Å²) in [6, 6.07) is 0. The monoisotopic (exact) mass is 286 g/mol. The van der Waals surface area contributed by atoms with Gasteiger partial charge in [0.05, 0.1) is 20.1 Å². The van der Waals surface area contributed by atoms with Crippen molar-refractivity contribution in [3.8, 4) is 23.0 Å². The van der Waals surface area contributed by atoms with Gasteiger partial charge in [0.25, 0.3) is 0 Å². The molecule has 0 unspecified atom stereocenters. The summed E-state index contributed by atoms with van der Waals surface area (Å²) in [5, 5.41) is 10.2. The third-order valence-electron chi connectivity index (χ3n) is 3.45. The molecule has 106 valence electrons. The van der Waals surface area contributed by atoms with Crippen LogP contribution in [0.2, 0.25) is 0 Å². The Hall–Kier alpha value is -1.29. The first-order valence-corrected chi connectivity index (χ1v) is 6.72. The van der Waals surface area contributed by atoms with Crippen LogP contribution in [0.25, 0.3) is 0 Å². The Labute approximate surface area is 118 Å². The summed E-state index contributed by atoms with van der Waals surface area (Å²) in [6.07, 6.45) is 1.65. The second-order valence-corrected chi connectivity index (χ2v) is 5.46. The Kier molecular flexibility index (Phi) is 3.72. The van der Waals surface area contributed by atoms with Gasteiger partial charge in [0.15, 0.2) is 11.5 Å². The van der Waals surface area contributed by atoms with Gasteiger partial charge in [-0.1, -0.05) is 0 Å². The Morgan fingerprint density at radius 3 is 2.42 bits per heavy atom. The Morgan fingerprint density at radius 1 is 1.26 bits per heavy atom. The predicted molar refractivity (Wildman–Crippen MR) is 73.8 cm³/mol. The molecule has 0 aromatic heterocycles. The fourth-order valence-corrected chi connectivity index (χ4v) is 2.70. The minimum atomic E-state index is -0.272. The number of rotatable bonds is 3. The number of aromatic hydroxyl groups is 1. The highest BCUT2D eigenvalue weighted by Crippen LogP contribution is 2.52. The van der Waals surface area contributed by atoms with Crippen LogP contribution in [0.15, 0.2) is 0 Å². The molecule has 2 rings (SSSR count). The number of fused-ring (bicyclic) bond motifs is 1. The van der Waals surface area contributed by atoms with Crippen molar-refractivity contribution in [2.45, 2.75) is 38.2 Å². The van der Waals surface area contributed by atoms with Gasteiger partial charge in [0, 0.05) is 11.1 Å². The highest BCUT2D eigenvalue weighted by Gasteiger charge is 2.34. The van der Waals surface area contributed by atoms with E-state index in [9.17, 15) is 5.11 Å². The highest BCUT2D eigenvalue weighted by atomic mass is 35.5. The molecule has 0 atom stereocenters. The van der Waals surface area contributed by atoms with Gasteiger partial charge >= 0.3 is 0 Å². The molecule has 0 amide bonds. The molecule has 5 heteroatoms. The average Bonchev–Trinajstić information content (AvgIpc) is 2.37. The zero-order valence-electron chi connectivity index (χ0n) is 11.7. The first kappa shape index (κ1) is 14.1. The number of phenolic OH excluding ortho intramolecular Hbond substituents is 1. The van der Waals surface area contributed by atoms with Crippen LogP contribution >= 0.6 is 11.6 Å². The molecule has 0 aliphatic carbocycles. The highest BCUT2D eigenvalue weighted by molar-refractivity contribution is 6.17. The van der Waals surface area contributed by atoms with Crippen molar-refractivity contribution in [3.63, 3.8) is 0 Å². The number of benzene rings is 1. The Morgan fingerprint density at radius 2 is 1.89 bits per heavy atom. The molecule has 0 radical (unpaired) electrons. The maximum absolute atomic E-state index is 10.2. The van der Waals surface area contributed by atoms with Gasteiger partial charge in [-0.25, -0.2) is 0 Å². The quantitative estimate of drug-likeness (QED) is 0.867. The van der Waals surface area contributed by atoms with E-state index in [2.05, 4.69) is 0 Å². The largest absolute Gasteiger partial charge is 0.504 e. The number of hydrogen-bond donors (Lipinski definition) is 1. The molecule has 1 aliphatic heterocycles. The lowest BCUT2D eigenvalue weighted by atomic mass is 9.90. The van der Waals surface area contributed by atoms with Crippen molar-refractivity contribution in [2.24, 2.45) is 0 Å². The van der Waals surface area contributed by atoms with Gasteiger partial charge in [-0.15, -0.1) is 11.6 Å². The summed E-state index contributed by atoms with van der Waals surface area (Å²) in [6.45, 7) is 4.05. The molecule has 19 heavy (non-hydrogen) atoms. The topological polar surface area (TPSA) is 47.9 Å². The van der Waals surface area contributed by atoms with E-state index in [1.54, 1.807) is 0 Å². The summed E-state index contributed by atoms with van der Waals surface area (Å²) in [5.41, 5.74) is 1.29. The molecule has 1 aliphatic rings. The van der Waals surface area contributed by atoms with Crippen LogP contribution in [0.4, 0.5) is 0 Å². The summed E-state index contributed by atoms with van der Waals surface area (Å²) >= 11 is 5.95. The lowest BCUT2D eigenvalue weighted by Crippen LogP contribution is -2.33. The summed E-state index contributed by atoms with van der Waals surface area (Å²) in [5.74, 6) is 1.57. The van der Waals surface area contributed by atoms with E-state index in [-0.39, 0.29) is 23.0 Å². The standard InChI is InChI=1S/C14H19ClO4/c1-14(2)6-5-8-9(7-15)10(16)12(17-3)13(18-4)11(8)19-14/h16H,5-7H2,1-4H3. The fraction of sp³-hybridized carbons (Fsp3) is 0.571. The van der Waals surface area contributed by atoms with Crippen LogP contribution in [0.3, 0.4) is 0 Å². The molecule has 0 bridgehead atoms. The molecule has 1 aromatic rings. The van der Waals surface area contributed by atoms with Gasteiger partial charge in [-0.2, -0.15) is 0 Å². The molecule has 0 saturated carbocycles. The van der Waals surface area contributed by atoms with Gasteiger partial charge in [0.2, 0.25) is 11.5 Å². The first-order chi connectivity index (χ1) is 8.95. The van der Waals surface area contributed by atoms with Crippen molar-refractivity contribution in [1.29, 1.82) is 0 Å². The molecule has 0 fully saturated rings. The van der Waals surface area contributed by atoms with Crippen molar-refractivity contribution in [3.05, 3.63) is 11.1 Å². The third kappa shape index (κ3) is 2.29. The van der Waals surface area contributed by atoms with Crippen LogP contribution in [0.5, 0.6) is 23.0 Å². The van der Waals surface area contributed by atoms with Crippen molar-refractivity contribution < 1.29 is 19.3 Å². The average molecular weight is 287 g/mol. The molecule has 0 saturated heterocycles. The molecule has 1 heterocycles. The van der Waals surface area contributed by atoms with Crippen LogP contribution in [-0.4, -0.2) is 24.9 Å². The summed E-state index contributed by atoms with van der Waals surface area (Å²) in [7, 11) is 3.01. The number of alkyl halides is 1. The van der Waals surface area contributed by atoms with E-state index in [4.69, 9.17) is 25.8 Å². The maximum Gasteiger partial charge on any atom is 0.207 e. The fourth-order valence-electron chi connectivity index (χ4n) is 2.41. The van der Waals surface area contributed by atoms with Crippen LogP contribution in [0, 0.1) is 0 Å². The van der Waals surface area contributed by atoms with E-state index in [0.29, 0.717) is 17.1 Å². The zero-order valence-corrected chi connectivity index (χ0v) is 12.4. The Balaban J connectivity index is 2.71.